The molecule has 0 saturated carbocycles. The van der Waals surface area contributed by atoms with Crippen molar-refractivity contribution in [1.29, 1.82) is 0 Å². The molecule has 0 spiro atoms. The maximum absolute atomic E-state index is 11.1. The predicted molar refractivity (Wildman–Crippen MR) is 95.4 cm³/mol. The van der Waals surface area contributed by atoms with Gasteiger partial charge >= 0.3 is 5.97 Å². The largest absolute Gasteiger partial charge is 0.507 e. The Morgan fingerprint density at radius 3 is 1.96 bits per heavy atom. The number of aromatic carboxylic acids is 1. The van der Waals surface area contributed by atoms with Crippen LogP contribution in [0.5, 0.6) is 5.75 Å². The van der Waals surface area contributed by atoms with Gasteiger partial charge in [-0.3, -0.25) is 0 Å². The number of carbonyl (C=O) groups is 1. The molecule has 2 N–H and O–H groups in total. The van der Waals surface area contributed by atoms with Gasteiger partial charge < -0.3 is 10.2 Å². The predicted octanol–water partition coefficient (Wildman–Crippen LogP) is 5.86. The van der Waals surface area contributed by atoms with Crippen molar-refractivity contribution in [1.82, 2.24) is 0 Å². The number of carboxylic acids is 1. The minimum atomic E-state index is -1.06. The van der Waals surface area contributed by atoms with E-state index in [1.165, 1.54) is 57.8 Å². The second-order valence-electron chi connectivity index (χ2n) is 6.55. The Morgan fingerprint density at radius 1 is 0.913 bits per heavy atom. The Kier molecular flexibility index (Phi) is 9.42. The summed E-state index contributed by atoms with van der Waals surface area (Å²) >= 11 is 0. The molecule has 23 heavy (non-hydrogen) atoms. The lowest BCUT2D eigenvalue weighted by molar-refractivity contribution is 0.0693. The molecule has 3 nitrogen and oxygen atoms in total. The fraction of sp³-hybridized carbons (Fsp3) is 0.650. The molecule has 1 aromatic rings. The van der Waals surface area contributed by atoms with Gasteiger partial charge in [-0.25, -0.2) is 4.79 Å². The average molecular weight is 320 g/mol. The van der Waals surface area contributed by atoms with Crippen molar-refractivity contribution in [3.8, 4) is 5.75 Å². The number of benzene rings is 1. The summed E-state index contributed by atoms with van der Waals surface area (Å²) in [6.45, 7) is 4.00. The molecule has 0 aliphatic heterocycles. The number of phenols is 1. The molecule has 0 amide bonds. The van der Waals surface area contributed by atoms with Crippen LogP contribution >= 0.6 is 0 Å². The maximum atomic E-state index is 11.1. The van der Waals surface area contributed by atoms with Gasteiger partial charge in [-0.2, -0.15) is 0 Å². The summed E-state index contributed by atoms with van der Waals surface area (Å²) in [5.41, 5.74) is 1.68. The van der Waals surface area contributed by atoms with Crippen LogP contribution in [0.15, 0.2) is 12.1 Å². The first-order valence-corrected chi connectivity index (χ1v) is 9.12. The van der Waals surface area contributed by atoms with Gasteiger partial charge in [0, 0.05) is 0 Å². The number of rotatable bonds is 12. The van der Waals surface area contributed by atoms with E-state index in [0.29, 0.717) is 5.56 Å². The lowest BCUT2D eigenvalue weighted by Crippen LogP contribution is -2.00. The van der Waals surface area contributed by atoms with Gasteiger partial charge in [-0.15, -0.1) is 0 Å². The normalized spacial score (nSPS) is 10.9. The maximum Gasteiger partial charge on any atom is 0.339 e. The van der Waals surface area contributed by atoms with Crippen LogP contribution in [0.1, 0.15) is 92.6 Å². The van der Waals surface area contributed by atoms with E-state index in [4.69, 9.17) is 5.11 Å². The molecular weight excluding hydrogens is 288 g/mol. The number of aromatic hydroxyl groups is 1. The Labute approximate surface area is 140 Å². The number of hydrogen-bond donors (Lipinski definition) is 2. The van der Waals surface area contributed by atoms with Crippen LogP contribution in [-0.4, -0.2) is 16.2 Å². The van der Waals surface area contributed by atoms with E-state index in [-0.39, 0.29) is 11.3 Å². The van der Waals surface area contributed by atoms with Crippen LogP contribution in [0, 0.1) is 6.92 Å². The zero-order chi connectivity index (χ0) is 17.1. The highest BCUT2D eigenvalue weighted by Gasteiger charge is 2.13. The topological polar surface area (TPSA) is 57.5 Å². The first-order valence-electron chi connectivity index (χ1n) is 9.12. The zero-order valence-corrected chi connectivity index (χ0v) is 14.7. The number of unbranched alkanes of at least 4 members (excludes halogenated alkanes) is 9. The quantitative estimate of drug-likeness (QED) is 0.474. The van der Waals surface area contributed by atoms with Crippen molar-refractivity contribution < 1.29 is 15.0 Å². The molecule has 0 heterocycles. The summed E-state index contributed by atoms with van der Waals surface area (Å²) in [6, 6.07) is 3.51. The lowest BCUT2D eigenvalue weighted by Gasteiger charge is -2.08. The van der Waals surface area contributed by atoms with Gasteiger partial charge in [-0.05, 0) is 37.0 Å². The lowest BCUT2D eigenvalue weighted by atomic mass is 9.99. The van der Waals surface area contributed by atoms with Gasteiger partial charge in [0.15, 0.2) is 0 Å². The molecule has 0 unspecified atom stereocenters. The summed E-state index contributed by atoms with van der Waals surface area (Å²) in [5, 5.41) is 18.9. The highest BCUT2D eigenvalue weighted by atomic mass is 16.4. The van der Waals surface area contributed by atoms with Crippen LogP contribution in [-0.2, 0) is 6.42 Å². The van der Waals surface area contributed by atoms with Crippen LogP contribution in [0.25, 0.3) is 0 Å². The van der Waals surface area contributed by atoms with Gasteiger partial charge in [0.1, 0.15) is 11.3 Å². The van der Waals surface area contributed by atoms with Crippen molar-refractivity contribution in [2.24, 2.45) is 0 Å². The van der Waals surface area contributed by atoms with Crippen LogP contribution in [0.4, 0.5) is 0 Å². The molecule has 0 bridgehead atoms. The van der Waals surface area contributed by atoms with Crippen molar-refractivity contribution in [2.75, 3.05) is 0 Å². The Morgan fingerprint density at radius 2 is 1.43 bits per heavy atom. The standard InChI is InChI=1S/C20H32O3/c1-3-4-5-6-7-8-9-10-11-12-13-17-14-16(2)19(21)18(15-17)20(22)23/h14-15,21H,3-13H2,1-2H3,(H,22,23). The van der Waals surface area contributed by atoms with E-state index in [1.54, 1.807) is 13.0 Å². The van der Waals surface area contributed by atoms with Crippen LogP contribution < -0.4 is 0 Å². The first kappa shape index (κ1) is 19.5. The molecule has 1 rings (SSSR count). The number of aryl methyl sites for hydroxylation is 2. The van der Waals surface area contributed by atoms with Gasteiger partial charge in [0.2, 0.25) is 0 Å². The second kappa shape index (κ2) is 11.1. The van der Waals surface area contributed by atoms with Crippen molar-refractivity contribution >= 4 is 5.97 Å². The Balaban J connectivity index is 2.20. The van der Waals surface area contributed by atoms with E-state index < -0.39 is 5.97 Å². The monoisotopic (exact) mass is 320 g/mol. The third-order valence-corrected chi connectivity index (χ3v) is 4.41. The Bertz CT molecular complexity index is 480. The molecule has 1 aromatic carbocycles. The molecular formula is C20H32O3. The first-order chi connectivity index (χ1) is 11.1. The molecule has 0 aromatic heterocycles. The molecule has 0 atom stereocenters. The molecule has 0 radical (unpaired) electrons. The van der Waals surface area contributed by atoms with Crippen molar-refractivity contribution in [3.63, 3.8) is 0 Å². The number of carboxylic acid groups (broad SMARTS) is 1. The highest BCUT2D eigenvalue weighted by Crippen LogP contribution is 2.25. The van der Waals surface area contributed by atoms with E-state index >= 15 is 0 Å². The number of hydrogen-bond acceptors (Lipinski definition) is 2. The van der Waals surface area contributed by atoms with Gasteiger partial charge in [0.05, 0.1) is 0 Å². The smallest absolute Gasteiger partial charge is 0.339 e. The van der Waals surface area contributed by atoms with Crippen LogP contribution in [0.2, 0.25) is 0 Å². The third kappa shape index (κ3) is 7.54. The van der Waals surface area contributed by atoms with Crippen molar-refractivity contribution in [2.45, 2.75) is 84.5 Å². The van der Waals surface area contributed by atoms with Crippen molar-refractivity contribution in [3.05, 3.63) is 28.8 Å². The van der Waals surface area contributed by atoms with Gasteiger partial charge in [0.25, 0.3) is 0 Å². The summed E-state index contributed by atoms with van der Waals surface area (Å²) < 4.78 is 0. The molecule has 0 aliphatic carbocycles. The summed E-state index contributed by atoms with van der Waals surface area (Å²) in [7, 11) is 0. The Hall–Kier alpha value is -1.51. The third-order valence-electron chi connectivity index (χ3n) is 4.41. The molecule has 0 aliphatic rings. The zero-order valence-electron chi connectivity index (χ0n) is 14.7. The summed E-state index contributed by atoms with van der Waals surface area (Å²) in [6.07, 6.45) is 13.8. The molecule has 130 valence electrons. The van der Waals surface area contributed by atoms with E-state index in [9.17, 15) is 9.90 Å². The van der Waals surface area contributed by atoms with Gasteiger partial charge in [-0.1, -0.05) is 70.8 Å². The molecule has 3 heteroatoms. The summed E-state index contributed by atoms with van der Waals surface area (Å²) in [5.74, 6) is -1.17. The SMILES string of the molecule is CCCCCCCCCCCCc1cc(C)c(O)c(C(=O)O)c1. The molecule has 0 fully saturated rings. The highest BCUT2D eigenvalue weighted by molar-refractivity contribution is 5.91. The molecule has 0 saturated heterocycles. The fourth-order valence-corrected chi connectivity index (χ4v) is 2.98. The van der Waals surface area contributed by atoms with E-state index in [2.05, 4.69) is 6.92 Å². The average Bonchev–Trinajstić information content (AvgIpc) is 2.52. The van der Waals surface area contributed by atoms with Crippen LogP contribution in [0.3, 0.4) is 0 Å². The van der Waals surface area contributed by atoms with E-state index in [0.717, 1.165) is 18.4 Å². The van der Waals surface area contributed by atoms with E-state index in [1.807, 2.05) is 6.07 Å². The minimum absolute atomic E-state index is 0.0204. The second-order valence-corrected chi connectivity index (χ2v) is 6.55. The minimum Gasteiger partial charge on any atom is -0.507 e. The fourth-order valence-electron chi connectivity index (χ4n) is 2.98. The summed E-state index contributed by atoms with van der Waals surface area (Å²) in [4.78, 5) is 11.1.